The van der Waals surface area contributed by atoms with Crippen molar-refractivity contribution < 1.29 is 9.53 Å². The normalized spacial score (nSPS) is 12.2. The van der Waals surface area contributed by atoms with E-state index in [1.807, 2.05) is 0 Å². The van der Waals surface area contributed by atoms with Gasteiger partial charge >= 0.3 is 0 Å². The van der Waals surface area contributed by atoms with Crippen LogP contribution in [0.4, 0.5) is 0 Å². The number of rotatable bonds is 5. The van der Waals surface area contributed by atoms with Crippen molar-refractivity contribution >= 4 is 5.91 Å². The fourth-order valence-electron chi connectivity index (χ4n) is 0.597. The Bertz CT molecular complexity index is 132. The van der Waals surface area contributed by atoms with Crippen LogP contribution in [0.15, 0.2) is 12.7 Å². The van der Waals surface area contributed by atoms with Gasteiger partial charge in [0.15, 0.2) is 0 Å². The van der Waals surface area contributed by atoms with Crippen LogP contribution in [0.1, 0.15) is 0 Å². The first-order chi connectivity index (χ1) is 5.26. The lowest BCUT2D eigenvalue weighted by Crippen LogP contribution is -2.40. The fraction of sp³-hybridized carbons (Fsp3) is 0.571. The molecule has 4 nitrogen and oxygen atoms in total. The number of nitrogens with two attached hydrogens (primary N) is 1. The number of amides is 1. The molecule has 64 valence electrons. The van der Waals surface area contributed by atoms with Gasteiger partial charge < -0.3 is 15.8 Å². The summed E-state index contributed by atoms with van der Waals surface area (Å²) in [5.74, 6) is -0.199. The third-order valence-corrected chi connectivity index (χ3v) is 1.21. The predicted octanol–water partition coefficient (Wildman–Crippen LogP) is -0.738. The summed E-state index contributed by atoms with van der Waals surface area (Å²) >= 11 is 0. The van der Waals surface area contributed by atoms with Crippen LogP contribution in [0.2, 0.25) is 0 Å². The molecule has 11 heavy (non-hydrogen) atoms. The van der Waals surface area contributed by atoms with E-state index in [0.29, 0.717) is 6.54 Å². The number of hydrogen-bond acceptors (Lipinski definition) is 3. The molecule has 0 aromatic heterocycles. The molecule has 0 rings (SSSR count). The van der Waals surface area contributed by atoms with Crippen LogP contribution in [0, 0.1) is 0 Å². The molecule has 0 aliphatic carbocycles. The standard InChI is InChI=1S/C7H14N2O2/c1-3-4-9-7(10)6(5-8)11-2/h3,6H,1,4-5,8H2,2H3,(H,9,10). The van der Waals surface area contributed by atoms with Crippen molar-refractivity contribution in [3.63, 3.8) is 0 Å². The molecule has 1 amide bonds. The summed E-state index contributed by atoms with van der Waals surface area (Å²) in [4.78, 5) is 11.0. The Kier molecular flexibility index (Phi) is 5.42. The van der Waals surface area contributed by atoms with Crippen LogP contribution in [0.25, 0.3) is 0 Å². The molecule has 4 heteroatoms. The molecule has 0 bridgehead atoms. The Balaban J connectivity index is 3.69. The molecule has 1 unspecified atom stereocenters. The number of ether oxygens (including phenoxy) is 1. The summed E-state index contributed by atoms with van der Waals surface area (Å²) in [5.41, 5.74) is 5.24. The van der Waals surface area contributed by atoms with Gasteiger partial charge in [-0.05, 0) is 0 Å². The maximum Gasteiger partial charge on any atom is 0.250 e. The number of methoxy groups -OCH3 is 1. The van der Waals surface area contributed by atoms with E-state index in [1.54, 1.807) is 6.08 Å². The zero-order valence-corrected chi connectivity index (χ0v) is 6.67. The van der Waals surface area contributed by atoms with Crippen molar-refractivity contribution in [2.75, 3.05) is 20.2 Å². The largest absolute Gasteiger partial charge is 0.370 e. The van der Waals surface area contributed by atoms with E-state index < -0.39 is 6.10 Å². The molecule has 0 heterocycles. The maximum absolute atomic E-state index is 11.0. The lowest BCUT2D eigenvalue weighted by molar-refractivity contribution is -0.130. The molecule has 0 fully saturated rings. The highest BCUT2D eigenvalue weighted by Crippen LogP contribution is 1.85. The average molecular weight is 158 g/mol. The Labute approximate surface area is 66.4 Å². The Morgan fingerprint density at radius 2 is 2.55 bits per heavy atom. The predicted molar refractivity (Wildman–Crippen MR) is 43.1 cm³/mol. The third-order valence-electron chi connectivity index (χ3n) is 1.21. The molecule has 0 aromatic carbocycles. The highest BCUT2D eigenvalue weighted by atomic mass is 16.5. The van der Waals surface area contributed by atoms with Gasteiger partial charge in [0.2, 0.25) is 0 Å². The number of carbonyl (C=O) groups is 1. The molecular weight excluding hydrogens is 144 g/mol. The lowest BCUT2D eigenvalue weighted by Gasteiger charge is -2.11. The number of nitrogens with one attached hydrogen (secondary N) is 1. The molecule has 0 aromatic rings. The second-order valence-corrected chi connectivity index (χ2v) is 1.99. The number of hydrogen-bond donors (Lipinski definition) is 2. The van der Waals surface area contributed by atoms with Gasteiger partial charge in [-0.2, -0.15) is 0 Å². The van der Waals surface area contributed by atoms with E-state index in [9.17, 15) is 4.79 Å². The number of carbonyl (C=O) groups excluding carboxylic acids is 1. The summed E-state index contributed by atoms with van der Waals surface area (Å²) in [6.07, 6.45) is 1.05. The Morgan fingerprint density at radius 3 is 2.91 bits per heavy atom. The van der Waals surface area contributed by atoms with Crippen molar-refractivity contribution in [2.45, 2.75) is 6.10 Å². The van der Waals surface area contributed by atoms with Gasteiger partial charge in [-0.25, -0.2) is 0 Å². The molecule has 0 spiro atoms. The summed E-state index contributed by atoms with van der Waals surface area (Å²) < 4.78 is 4.79. The van der Waals surface area contributed by atoms with E-state index in [0.717, 1.165) is 0 Å². The minimum Gasteiger partial charge on any atom is -0.370 e. The van der Waals surface area contributed by atoms with Crippen LogP contribution < -0.4 is 11.1 Å². The maximum atomic E-state index is 11.0. The average Bonchev–Trinajstić information content (AvgIpc) is 2.03. The summed E-state index contributed by atoms with van der Waals surface area (Å²) in [7, 11) is 1.45. The third kappa shape index (κ3) is 3.75. The topological polar surface area (TPSA) is 64.4 Å². The first kappa shape index (κ1) is 10.1. The first-order valence-corrected chi connectivity index (χ1v) is 3.37. The first-order valence-electron chi connectivity index (χ1n) is 3.37. The molecular formula is C7H14N2O2. The van der Waals surface area contributed by atoms with Gasteiger partial charge in [0, 0.05) is 20.2 Å². The molecule has 3 N–H and O–H groups in total. The molecule has 0 saturated carbocycles. The van der Waals surface area contributed by atoms with Gasteiger partial charge in [-0.15, -0.1) is 6.58 Å². The van der Waals surface area contributed by atoms with Crippen LogP contribution in [-0.4, -0.2) is 32.2 Å². The van der Waals surface area contributed by atoms with Gasteiger partial charge in [0.25, 0.3) is 5.91 Å². The van der Waals surface area contributed by atoms with Crippen molar-refractivity contribution in [1.29, 1.82) is 0 Å². The molecule has 1 atom stereocenters. The molecule has 0 aliphatic rings. The van der Waals surface area contributed by atoms with E-state index in [-0.39, 0.29) is 12.5 Å². The van der Waals surface area contributed by atoms with Crippen molar-refractivity contribution in [2.24, 2.45) is 5.73 Å². The molecule has 0 radical (unpaired) electrons. The smallest absolute Gasteiger partial charge is 0.250 e. The summed E-state index contributed by atoms with van der Waals surface area (Å²) in [6.45, 7) is 4.09. The zero-order chi connectivity index (χ0) is 8.69. The molecule has 0 aliphatic heterocycles. The quantitative estimate of drug-likeness (QED) is 0.518. The fourth-order valence-corrected chi connectivity index (χ4v) is 0.597. The van der Waals surface area contributed by atoms with E-state index >= 15 is 0 Å². The summed E-state index contributed by atoms with van der Waals surface area (Å²) in [6, 6.07) is 0. The van der Waals surface area contributed by atoms with Gasteiger partial charge in [0.05, 0.1) is 0 Å². The van der Waals surface area contributed by atoms with Crippen LogP contribution in [0.3, 0.4) is 0 Å². The van der Waals surface area contributed by atoms with Crippen molar-refractivity contribution in [3.8, 4) is 0 Å². The van der Waals surface area contributed by atoms with Gasteiger partial charge in [-0.3, -0.25) is 4.79 Å². The SMILES string of the molecule is C=CCNC(=O)C(CN)OC. The van der Waals surface area contributed by atoms with Crippen molar-refractivity contribution in [1.82, 2.24) is 5.32 Å². The highest BCUT2D eigenvalue weighted by molar-refractivity contribution is 5.81. The Morgan fingerprint density at radius 1 is 1.91 bits per heavy atom. The van der Waals surface area contributed by atoms with Crippen LogP contribution in [0.5, 0.6) is 0 Å². The molecule has 0 saturated heterocycles. The van der Waals surface area contributed by atoms with Gasteiger partial charge in [-0.1, -0.05) is 6.08 Å². The summed E-state index contributed by atoms with van der Waals surface area (Å²) in [5, 5.41) is 2.57. The second kappa shape index (κ2) is 5.88. The highest BCUT2D eigenvalue weighted by Gasteiger charge is 2.13. The van der Waals surface area contributed by atoms with E-state index in [4.69, 9.17) is 10.5 Å². The second-order valence-electron chi connectivity index (χ2n) is 1.99. The van der Waals surface area contributed by atoms with Crippen LogP contribution in [-0.2, 0) is 9.53 Å². The van der Waals surface area contributed by atoms with E-state index in [1.165, 1.54) is 7.11 Å². The zero-order valence-electron chi connectivity index (χ0n) is 6.67. The lowest BCUT2D eigenvalue weighted by atomic mass is 10.3. The monoisotopic (exact) mass is 158 g/mol. The Hall–Kier alpha value is -0.870. The van der Waals surface area contributed by atoms with E-state index in [2.05, 4.69) is 11.9 Å². The van der Waals surface area contributed by atoms with Gasteiger partial charge in [0.1, 0.15) is 6.10 Å². The minimum atomic E-state index is -0.546. The minimum absolute atomic E-state index is 0.194. The van der Waals surface area contributed by atoms with Crippen molar-refractivity contribution in [3.05, 3.63) is 12.7 Å². The van der Waals surface area contributed by atoms with Crippen LogP contribution >= 0.6 is 0 Å².